The van der Waals surface area contributed by atoms with E-state index in [4.69, 9.17) is 0 Å². The van der Waals surface area contributed by atoms with Crippen LogP contribution in [0.25, 0.3) is 0 Å². The van der Waals surface area contributed by atoms with Gasteiger partial charge in [0.05, 0.1) is 0 Å². The molecule has 0 fully saturated rings. The second-order valence-electron chi connectivity index (χ2n) is 3.82. The highest BCUT2D eigenvalue weighted by molar-refractivity contribution is 7.10. The van der Waals surface area contributed by atoms with E-state index < -0.39 is 12.6 Å². The first-order chi connectivity index (χ1) is 7.44. The Morgan fingerprint density at radius 3 is 2.56 bits per heavy atom. The summed E-state index contributed by atoms with van der Waals surface area (Å²) in [5.41, 5.74) is 1.15. The predicted octanol–water partition coefficient (Wildman–Crippen LogP) is 4.05. The lowest BCUT2D eigenvalue weighted by Gasteiger charge is -2.16. The lowest BCUT2D eigenvalue weighted by Crippen LogP contribution is -2.17. The Bertz CT molecular complexity index is 319. The van der Waals surface area contributed by atoms with Gasteiger partial charge in [0.2, 0.25) is 0 Å². The molecular weight excluding hydrogens is 235 g/mol. The molecule has 16 heavy (non-hydrogen) atoms. The van der Waals surface area contributed by atoms with E-state index in [1.807, 2.05) is 18.4 Å². The molecule has 0 spiro atoms. The second-order valence-corrected chi connectivity index (χ2v) is 4.76. The Hall–Kier alpha value is -0.550. The van der Waals surface area contributed by atoms with Crippen LogP contribution >= 0.6 is 11.3 Å². The Labute approximate surface area is 97.7 Å². The minimum Gasteiger partial charge on any atom is -0.312 e. The van der Waals surface area contributed by atoms with Gasteiger partial charge < -0.3 is 5.32 Å². The van der Waals surface area contributed by atoms with Gasteiger partial charge in [-0.2, -0.15) is 13.2 Å². The Morgan fingerprint density at radius 2 is 2.12 bits per heavy atom. The molecule has 0 aliphatic heterocycles. The minimum atomic E-state index is -4.04. The monoisotopic (exact) mass is 251 g/mol. The van der Waals surface area contributed by atoms with E-state index in [1.54, 1.807) is 18.4 Å². The zero-order chi connectivity index (χ0) is 12.2. The lowest BCUT2D eigenvalue weighted by molar-refractivity contribution is -0.135. The summed E-state index contributed by atoms with van der Waals surface area (Å²) in [5.74, 6) is 0. The first kappa shape index (κ1) is 13.5. The highest BCUT2D eigenvalue weighted by Crippen LogP contribution is 2.30. The van der Waals surface area contributed by atoms with Crippen LogP contribution in [0, 0.1) is 6.92 Å². The fourth-order valence-electron chi connectivity index (χ4n) is 1.65. The molecule has 1 nitrogen and oxygen atoms in total. The predicted molar refractivity (Wildman–Crippen MR) is 60.8 cm³/mol. The van der Waals surface area contributed by atoms with Crippen molar-refractivity contribution in [3.05, 3.63) is 21.9 Å². The maximum Gasteiger partial charge on any atom is 0.389 e. The van der Waals surface area contributed by atoms with E-state index in [1.165, 1.54) is 0 Å². The molecule has 1 aromatic rings. The third kappa shape index (κ3) is 4.14. The van der Waals surface area contributed by atoms with E-state index in [0.717, 1.165) is 10.4 Å². The van der Waals surface area contributed by atoms with Crippen LogP contribution in [0.3, 0.4) is 0 Å². The fourth-order valence-corrected chi connectivity index (χ4v) is 2.73. The number of alkyl halides is 3. The molecule has 0 aromatic carbocycles. The zero-order valence-electron chi connectivity index (χ0n) is 9.40. The van der Waals surface area contributed by atoms with Crippen LogP contribution in [-0.4, -0.2) is 13.2 Å². The third-order valence-corrected chi connectivity index (χ3v) is 3.65. The van der Waals surface area contributed by atoms with Crippen molar-refractivity contribution in [2.24, 2.45) is 0 Å². The molecule has 0 saturated heterocycles. The van der Waals surface area contributed by atoms with Crippen LogP contribution in [0.4, 0.5) is 13.2 Å². The summed E-state index contributed by atoms with van der Waals surface area (Å²) in [4.78, 5) is 1.14. The summed E-state index contributed by atoms with van der Waals surface area (Å²) in [6.45, 7) is 1.99. The lowest BCUT2D eigenvalue weighted by atomic mass is 10.1. The van der Waals surface area contributed by atoms with Gasteiger partial charge in [0.1, 0.15) is 0 Å². The van der Waals surface area contributed by atoms with Crippen LogP contribution in [0.5, 0.6) is 0 Å². The largest absolute Gasteiger partial charge is 0.389 e. The second kappa shape index (κ2) is 5.68. The van der Waals surface area contributed by atoms with Gasteiger partial charge in [-0.25, -0.2) is 0 Å². The van der Waals surface area contributed by atoms with Crippen LogP contribution in [0.15, 0.2) is 11.4 Å². The first-order valence-electron chi connectivity index (χ1n) is 5.22. The van der Waals surface area contributed by atoms with E-state index in [2.05, 4.69) is 5.32 Å². The van der Waals surface area contributed by atoms with E-state index in [0.29, 0.717) is 6.42 Å². The molecule has 1 atom stereocenters. The average Bonchev–Trinajstić information content (AvgIpc) is 2.58. The van der Waals surface area contributed by atoms with Gasteiger partial charge in [-0.15, -0.1) is 11.3 Å². The molecule has 92 valence electrons. The number of halogens is 3. The topological polar surface area (TPSA) is 12.0 Å². The molecule has 1 unspecified atom stereocenters. The fraction of sp³-hybridized carbons (Fsp3) is 0.636. The Morgan fingerprint density at radius 1 is 1.44 bits per heavy atom. The van der Waals surface area contributed by atoms with Gasteiger partial charge in [-0.1, -0.05) is 0 Å². The minimum absolute atomic E-state index is 0.0438. The number of nitrogens with one attached hydrogen (secondary N) is 1. The zero-order valence-corrected chi connectivity index (χ0v) is 10.2. The number of aryl methyl sites for hydroxylation is 1. The third-order valence-electron chi connectivity index (χ3n) is 2.52. The first-order valence-corrected chi connectivity index (χ1v) is 6.10. The summed E-state index contributed by atoms with van der Waals surface area (Å²) < 4.78 is 36.0. The molecule has 5 heteroatoms. The Balaban J connectivity index is 2.48. The van der Waals surface area contributed by atoms with Crippen LogP contribution < -0.4 is 5.32 Å². The normalized spacial score (nSPS) is 14.1. The van der Waals surface area contributed by atoms with Crippen molar-refractivity contribution in [1.29, 1.82) is 0 Å². The van der Waals surface area contributed by atoms with Crippen LogP contribution in [-0.2, 0) is 0 Å². The summed E-state index contributed by atoms with van der Waals surface area (Å²) in [6.07, 6.45) is -4.04. The molecule has 0 aliphatic carbocycles. The Kier molecular flexibility index (Phi) is 4.80. The summed E-state index contributed by atoms with van der Waals surface area (Å²) in [6, 6.07) is 2.04. The molecule has 0 aliphatic rings. The van der Waals surface area contributed by atoms with Gasteiger partial charge in [0.25, 0.3) is 0 Å². The van der Waals surface area contributed by atoms with Crippen molar-refractivity contribution in [2.45, 2.75) is 38.4 Å². The smallest absolute Gasteiger partial charge is 0.312 e. The van der Waals surface area contributed by atoms with E-state index in [-0.39, 0.29) is 12.5 Å². The average molecular weight is 251 g/mol. The SMILES string of the molecule is CNC(CCCC(F)(F)F)c1sccc1C. The van der Waals surface area contributed by atoms with Gasteiger partial charge in [0.15, 0.2) is 0 Å². The van der Waals surface area contributed by atoms with Crippen LogP contribution in [0.2, 0.25) is 0 Å². The summed E-state index contributed by atoms with van der Waals surface area (Å²) in [7, 11) is 1.79. The van der Waals surface area contributed by atoms with Gasteiger partial charge in [0, 0.05) is 17.3 Å². The van der Waals surface area contributed by atoms with Gasteiger partial charge in [-0.05, 0) is 43.8 Å². The number of hydrogen-bond acceptors (Lipinski definition) is 2. The molecule has 0 saturated carbocycles. The van der Waals surface area contributed by atoms with Crippen molar-refractivity contribution in [2.75, 3.05) is 7.05 Å². The molecule has 1 heterocycles. The molecule has 1 rings (SSSR count). The standard InChI is InChI=1S/C11H16F3NS/c1-8-5-7-16-10(8)9(15-2)4-3-6-11(12,13)14/h5,7,9,15H,3-4,6H2,1-2H3. The quantitative estimate of drug-likeness (QED) is 0.832. The number of hydrogen-bond donors (Lipinski definition) is 1. The summed E-state index contributed by atoms with van der Waals surface area (Å²) >= 11 is 1.60. The molecule has 0 radical (unpaired) electrons. The highest BCUT2D eigenvalue weighted by Gasteiger charge is 2.27. The van der Waals surface area contributed by atoms with Gasteiger partial charge in [-0.3, -0.25) is 0 Å². The maximum atomic E-state index is 12.0. The van der Waals surface area contributed by atoms with E-state index in [9.17, 15) is 13.2 Å². The molecular formula is C11H16F3NS. The van der Waals surface area contributed by atoms with E-state index >= 15 is 0 Å². The van der Waals surface area contributed by atoms with Crippen LogP contribution in [0.1, 0.15) is 35.7 Å². The highest BCUT2D eigenvalue weighted by atomic mass is 32.1. The molecule has 0 bridgehead atoms. The number of thiophene rings is 1. The van der Waals surface area contributed by atoms with Gasteiger partial charge >= 0.3 is 6.18 Å². The van der Waals surface area contributed by atoms with Crippen molar-refractivity contribution < 1.29 is 13.2 Å². The van der Waals surface area contributed by atoms with Crippen molar-refractivity contribution >= 4 is 11.3 Å². The van der Waals surface area contributed by atoms with Crippen molar-refractivity contribution in [3.63, 3.8) is 0 Å². The molecule has 1 aromatic heterocycles. The van der Waals surface area contributed by atoms with Crippen molar-refractivity contribution in [1.82, 2.24) is 5.32 Å². The molecule has 1 N–H and O–H groups in total. The maximum absolute atomic E-state index is 12.0. The van der Waals surface area contributed by atoms with Crippen molar-refractivity contribution in [3.8, 4) is 0 Å². The summed E-state index contributed by atoms with van der Waals surface area (Å²) in [5, 5.41) is 5.05. The number of rotatable bonds is 5. The molecule has 0 amide bonds.